The van der Waals surface area contributed by atoms with E-state index in [9.17, 15) is 0 Å². The topological polar surface area (TPSA) is 75.9 Å². The van der Waals surface area contributed by atoms with Gasteiger partial charge in [-0.15, -0.1) is 0 Å². The van der Waals surface area contributed by atoms with Gasteiger partial charge in [0.2, 0.25) is 0 Å². The molecule has 0 bridgehead atoms. The molecule has 5 heteroatoms. The molecule has 0 atom stereocenters. The fourth-order valence-corrected chi connectivity index (χ4v) is 1.50. The molecule has 90 valence electrons. The van der Waals surface area contributed by atoms with E-state index in [4.69, 9.17) is 5.84 Å². The molecule has 0 fully saturated rings. The molecule has 0 aliphatic carbocycles. The van der Waals surface area contributed by atoms with Crippen molar-refractivity contribution >= 4 is 11.6 Å². The molecule has 0 saturated heterocycles. The van der Waals surface area contributed by atoms with Crippen LogP contribution in [-0.4, -0.2) is 16.5 Å². The largest absolute Gasteiger partial charge is 0.370 e. The highest BCUT2D eigenvalue weighted by Crippen LogP contribution is 2.10. The van der Waals surface area contributed by atoms with Crippen molar-refractivity contribution in [2.45, 2.75) is 39.5 Å². The lowest BCUT2D eigenvalue weighted by Gasteiger charge is -2.07. The van der Waals surface area contributed by atoms with E-state index in [1.165, 1.54) is 25.7 Å². The highest BCUT2D eigenvalue weighted by Gasteiger charge is 1.99. The number of aromatic nitrogens is 2. The summed E-state index contributed by atoms with van der Waals surface area (Å²) >= 11 is 0. The van der Waals surface area contributed by atoms with Crippen molar-refractivity contribution in [3.63, 3.8) is 0 Å². The second kappa shape index (κ2) is 7.00. The maximum absolute atomic E-state index is 5.31. The van der Waals surface area contributed by atoms with Crippen LogP contribution in [0.3, 0.4) is 0 Å². The van der Waals surface area contributed by atoms with E-state index in [-0.39, 0.29) is 0 Å². The quantitative estimate of drug-likeness (QED) is 0.375. The number of nitrogens with two attached hydrogens (primary N) is 1. The van der Waals surface area contributed by atoms with Gasteiger partial charge in [0.05, 0.1) is 0 Å². The van der Waals surface area contributed by atoms with Crippen molar-refractivity contribution in [2.75, 3.05) is 17.3 Å². The molecule has 0 aromatic carbocycles. The number of anilines is 2. The van der Waals surface area contributed by atoms with Crippen molar-refractivity contribution in [2.24, 2.45) is 5.84 Å². The summed E-state index contributed by atoms with van der Waals surface area (Å²) in [5.41, 5.74) is 2.53. The highest BCUT2D eigenvalue weighted by atomic mass is 15.3. The maximum Gasteiger partial charge on any atom is 0.145 e. The van der Waals surface area contributed by atoms with Crippen LogP contribution in [-0.2, 0) is 0 Å². The van der Waals surface area contributed by atoms with Crippen LogP contribution < -0.4 is 16.6 Å². The van der Waals surface area contributed by atoms with Crippen LogP contribution >= 0.6 is 0 Å². The number of aryl methyl sites for hydroxylation is 1. The Hall–Kier alpha value is -1.36. The number of nitrogen functional groups attached to an aromatic ring is 1. The predicted molar refractivity (Wildman–Crippen MR) is 67.2 cm³/mol. The average molecular weight is 223 g/mol. The fourth-order valence-electron chi connectivity index (χ4n) is 1.50. The number of rotatable bonds is 7. The van der Waals surface area contributed by atoms with Crippen LogP contribution in [0.1, 0.15) is 38.4 Å². The van der Waals surface area contributed by atoms with Gasteiger partial charge in [-0.2, -0.15) is 0 Å². The van der Waals surface area contributed by atoms with Crippen LogP contribution in [0.4, 0.5) is 11.6 Å². The fraction of sp³-hybridized carbons (Fsp3) is 0.636. The minimum Gasteiger partial charge on any atom is -0.370 e. The number of nitrogens with zero attached hydrogens (tertiary/aromatic N) is 2. The molecule has 1 heterocycles. The third-order valence-electron chi connectivity index (χ3n) is 2.32. The first-order chi connectivity index (χ1) is 7.76. The summed E-state index contributed by atoms with van der Waals surface area (Å²) in [6, 6.07) is 1.81. The van der Waals surface area contributed by atoms with E-state index in [0.29, 0.717) is 11.6 Å². The first-order valence-corrected chi connectivity index (χ1v) is 5.82. The average Bonchev–Trinajstić information content (AvgIpc) is 2.28. The van der Waals surface area contributed by atoms with E-state index in [0.717, 1.165) is 12.4 Å². The highest BCUT2D eigenvalue weighted by molar-refractivity contribution is 5.46. The van der Waals surface area contributed by atoms with Crippen molar-refractivity contribution in [3.05, 3.63) is 11.9 Å². The lowest BCUT2D eigenvalue weighted by molar-refractivity contribution is 0.684. The standard InChI is InChI=1S/C11H21N5/c1-3-4-5-6-7-13-10-8-11(16-12)15-9(2)14-10/h8H,3-7,12H2,1-2H3,(H2,13,14,15,16). The third kappa shape index (κ3) is 4.44. The van der Waals surface area contributed by atoms with Crippen LogP contribution in [0.2, 0.25) is 0 Å². The van der Waals surface area contributed by atoms with Gasteiger partial charge in [-0.3, -0.25) is 0 Å². The molecule has 4 N–H and O–H groups in total. The first-order valence-electron chi connectivity index (χ1n) is 5.82. The van der Waals surface area contributed by atoms with E-state index in [1.807, 2.05) is 13.0 Å². The molecule has 1 aromatic rings. The summed E-state index contributed by atoms with van der Waals surface area (Å²) in [7, 11) is 0. The third-order valence-corrected chi connectivity index (χ3v) is 2.32. The lowest BCUT2D eigenvalue weighted by Crippen LogP contribution is -2.11. The second-order valence-electron chi connectivity index (χ2n) is 3.82. The van der Waals surface area contributed by atoms with Gasteiger partial charge in [-0.1, -0.05) is 26.2 Å². The molecule has 1 rings (SSSR count). The van der Waals surface area contributed by atoms with Gasteiger partial charge >= 0.3 is 0 Å². The van der Waals surface area contributed by atoms with E-state index < -0.39 is 0 Å². The van der Waals surface area contributed by atoms with Crippen molar-refractivity contribution < 1.29 is 0 Å². The number of nitrogens with one attached hydrogen (secondary N) is 2. The van der Waals surface area contributed by atoms with Crippen molar-refractivity contribution in [1.29, 1.82) is 0 Å². The zero-order valence-corrected chi connectivity index (χ0v) is 10.1. The zero-order chi connectivity index (χ0) is 11.8. The Morgan fingerprint density at radius 2 is 1.94 bits per heavy atom. The van der Waals surface area contributed by atoms with Gasteiger partial charge in [0.15, 0.2) is 0 Å². The Labute approximate surface area is 96.8 Å². The van der Waals surface area contributed by atoms with Crippen LogP contribution in [0.15, 0.2) is 6.07 Å². The summed E-state index contributed by atoms with van der Waals surface area (Å²) in [4.78, 5) is 8.40. The monoisotopic (exact) mass is 223 g/mol. The van der Waals surface area contributed by atoms with Gasteiger partial charge in [0, 0.05) is 12.6 Å². The Balaban J connectivity index is 2.38. The minimum absolute atomic E-state index is 0.642. The van der Waals surface area contributed by atoms with Gasteiger partial charge in [0.1, 0.15) is 17.5 Å². The van der Waals surface area contributed by atoms with Crippen LogP contribution in [0.25, 0.3) is 0 Å². The van der Waals surface area contributed by atoms with E-state index >= 15 is 0 Å². The molecule has 0 amide bonds. The van der Waals surface area contributed by atoms with E-state index in [2.05, 4.69) is 27.6 Å². The first kappa shape index (κ1) is 12.7. The normalized spacial score (nSPS) is 10.2. The Kier molecular flexibility index (Phi) is 5.56. The van der Waals surface area contributed by atoms with Crippen molar-refractivity contribution in [3.8, 4) is 0 Å². The van der Waals surface area contributed by atoms with E-state index in [1.54, 1.807) is 0 Å². The Bertz CT molecular complexity index is 313. The SMILES string of the molecule is CCCCCCNc1cc(NN)nc(C)n1. The second-order valence-corrected chi connectivity index (χ2v) is 3.82. The summed E-state index contributed by atoms with van der Waals surface area (Å²) in [6.07, 6.45) is 4.98. The molecule has 1 aromatic heterocycles. The lowest BCUT2D eigenvalue weighted by atomic mass is 10.2. The summed E-state index contributed by atoms with van der Waals surface area (Å²) in [5.74, 6) is 7.50. The number of unbranched alkanes of at least 4 members (excludes halogenated alkanes) is 3. The number of hydrogen-bond acceptors (Lipinski definition) is 5. The summed E-state index contributed by atoms with van der Waals surface area (Å²) < 4.78 is 0. The molecular weight excluding hydrogens is 202 g/mol. The molecule has 0 aliphatic heterocycles. The predicted octanol–water partition coefficient (Wildman–Crippen LogP) is 2.06. The molecule has 0 aliphatic rings. The Morgan fingerprint density at radius 3 is 2.62 bits per heavy atom. The molecule has 16 heavy (non-hydrogen) atoms. The molecule has 5 nitrogen and oxygen atoms in total. The molecule has 0 unspecified atom stereocenters. The van der Waals surface area contributed by atoms with Crippen LogP contribution in [0, 0.1) is 6.92 Å². The molecule has 0 spiro atoms. The summed E-state index contributed by atoms with van der Waals surface area (Å²) in [6.45, 7) is 5.00. The zero-order valence-electron chi connectivity index (χ0n) is 10.1. The number of hydrazine groups is 1. The van der Waals surface area contributed by atoms with Crippen LogP contribution in [0.5, 0.6) is 0 Å². The molecule has 0 saturated carbocycles. The minimum atomic E-state index is 0.642. The van der Waals surface area contributed by atoms with Gasteiger partial charge in [-0.05, 0) is 13.3 Å². The maximum atomic E-state index is 5.31. The number of hydrogen-bond donors (Lipinski definition) is 3. The van der Waals surface area contributed by atoms with Gasteiger partial charge in [0.25, 0.3) is 0 Å². The summed E-state index contributed by atoms with van der Waals surface area (Å²) in [5, 5.41) is 3.27. The molecular formula is C11H21N5. The Morgan fingerprint density at radius 1 is 1.19 bits per heavy atom. The van der Waals surface area contributed by atoms with Gasteiger partial charge in [-0.25, -0.2) is 15.8 Å². The van der Waals surface area contributed by atoms with Crippen molar-refractivity contribution in [1.82, 2.24) is 9.97 Å². The van der Waals surface area contributed by atoms with Gasteiger partial charge < -0.3 is 10.7 Å². The smallest absolute Gasteiger partial charge is 0.145 e. The molecule has 0 radical (unpaired) electrons.